The van der Waals surface area contributed by atoms with Crippen LogP contribution in [-0.2, 0) is 14.1 Å². The highest BCUT2D eigenvalue weighted by Crippen LogP contribution is 2.16. The SMILES string of the molecule is Cc1cn(C)c(=O)c2c(C(=O)O)n(C)nc12. The third-order valence-electron chi connectivity index (χ3n) is 2.54. The van der Waals surface area contributed by atoms with Crippen LogP contribution in [0.4, 0.5) is 0 Å². The normalized spacial score (nSPS) is 10.9. The van der Waals surface area contributed by atoms with Gasteiger partial charge in [0.25, 0.3) is 5.56 Å². The highest BCUT2D eigenvalue weighted by Gasteiger charge is 2.20. The number of carboxylic acids is 1. The average molecular weight is 221 g/mol. The second-order valence-corrected chi connectivity index (χ2v) is 3.73. The number of aryl methyl sites for hydroxylation is 3. The van der Waals surface area contributed by atoms with E-state index in [-0.39, 0.29) is 16.6 Å². The van der Waals surface area contributed by atoms with E-state index in [0.29, 0.717) is 5.52 Å². The summed E-state index contributed by atoms with van der Waals surface area (Å²) in [7, 11) is 3.11. The van der Waals surface area contributed by atoms with Crippen LogP contribution in [0.25, 0.3) is 10.9 Å². The summed E-state index contributed by atoms with van der Waals surface area (Å²) in [6.07, 6.45) is 1.64. The van der Waals surface area contributed by atoms with Crippen LogP contribution < -0.4 is 5.56 Å². The van der Waals surface area contributed by atoms with E-state index < -0.39 is 5.97 Å². The summed E-state index contributed by atoms with van der Waals surface area (Å²) in [5, 5.41) is 13.3. The smallest absolute Gasteiger partial charge is 0.355 e. The van der Waals surface area contributed by atoms with Gasteiger partial charge in [0.1, 0.15) is 10.9 Å². The van der Waals surface area contributed by atoms with Crippen LogP contribution in [0.1, 0.15) is 16.1 Å². The summed E-state index contributed by atoms with van der Waals surface area (Å²) in [6, 6.07) is 0. The summed E-state index contributed by atoms with van der Waals surface area (Å²) in [4.78, 5) is 22.9. The Labute approximate surface area is 90.7 Å². The number of carbonyl (C=O) groups is 1. The van der Waals surface area contributed by atoms with Crippen molar-refractivity contribution in [1.82, 2.24) is 14.3 Å². The second kappa shape index (κ2) is 3.19. The van der Waals surface area contributed by atoms with E-state index in [0.717, 1.165) is 5.56 Å². The molecule has 0 atom stereocenters. The number of fused-ring (bicyclic) bond motifs is 1. The lowest BCUT2D eigenvalue weighted by Gasteiger charge is -2.00. The number of aromatic carboxylic acids is 1. The monoisotopic (exact) mass is 221 g/mol. The highest BCUT2D eigenvalue weighted by molar-refractivity contribution is 6.01. The van der Waals surface area contributed by atoms with Crippen LogP contribution in [0.5, 0.6) is 0 Å². The lowest BCUT2D eigenvalue weighted by Crippen LogP contribution is -2.18. The van der Waals surface area contributed by atoms with E-state index in [9.17, 15) is 9.59 Å². The maximum absolute atomic E-state index is 11.9. The van der Waals surface area contributed by atoms with Crippen LogP contribution in [0.3, 0.4) is 0 Å². The molecule has 1 N–H and O–H groups in total. The molecule has 0 fully saturated rings. The first-order valence-electron chi connectivity index (χ1n) is 4.69. The minimum atomic E-state index is -1.15. The molecule has 0 saturated heterocycles. The Kier molecular flexibility index (Phi) is 2.08. The second-order valence-electron chi connectivity index (χ2n) is 3.73. The zero-order valence-corrected chi connectivity index (χ0v) is 9.18. The Bertz CT molecular complexity index is 651. The van der Waals surface area contributed by atoms with Crippen molar-refractivity contribution in [3.63, 3.8) is 0 Å². The van der Waals surface area contributed by atoms with E-state index in [1.165, 1.54) is 16.3 Å². The van der Waals surface area contributed by atoms with Crippen LogP contribution in [-0.4, -0.2) is 25.4 Å². The van der Waals surface area contributed by atoms with Gasteiger partial charge in [0.15, 0.2) is 5.69 Å². The van der Waals surface area contributed by atoms with Crippen molar-refractivity contribution in [1.29, 1.82) is 0 Å². The molecule has 0 aliphatic rings. The molecule has 2 rings (SSSR count). The van der Waals surface area contributed by atoms with Gasteiger partial charge in [0.05, 0.1) is 0 Å². The van der Waals surface area contributed by atoms with Crippen LogP contribution in [0.15, 0.2) is 11.0 Å². The molecule has 0 saturated carbocycles. The first-order valence-corrected chi connectivity index (χ1v) is 4.69. The topological polar surface area (TPSA) is 77.1 Å². The molecule has 2 aromatic heterocycles. The zero-order valence-electron chi connectivity index (χ0n) is 9.18. The molecule has 84 valence electrons. The zero-order chi connectivity index (χ0) is 12.0. The molecule has 6 heteroatoms. The van der Waals surface area contributed by atoms with Crippen LogP contribution in [0.2, 0.25) is 0 Å². The van der Waals surface area contributed by atoms with Gasteiger partial charge in [-0.1, -0.05) is 0 Å². The van der Waals surface area contributed by atoms with Gasteiger partial charge in [-0.3, -0.25) is 9.48 Å². The standard InChI is InChI=1S/C10H11N3O3/c1-5-4-12(2)9(14)6-7(5)11-13(3)8(6)10(15)16/h4H,1-3H3,(H,15,16). The van der Waals surface area contributed by atoms with Crippen molar-refractivity contribution >= 4 is 16.9 Å². The minimum Gasteiger partial charge on any atom is -0.477 e. The number of carboxylic acid groups (broad SMARTS) is 1. The van der Waals surface area contributed by atoms with Gasteiger partial charge in [-0.25, -0.2) is 4.79 Å². The third kappa shape index (κ3) is 1.23. The Morgan fingerprint density at radius 1 is 1.44 bits per heavy atom. The number of nitrogens with zero attached hydrogens (tertiary/aromatic N) is 3. The minimum absolute atomic E-state index is 0.0701. The third-order valence-corrected chi connectivity index (χ3v) is 2.54. The molecule has 0 unspecified atom stereocenters. The first-order chi connectivity index (χ1) is 7.43. The fourth-order valence-electron chi connectivity index (χ4n) is 1.83. The number of hydrogen-bond donors (Lipinski definition) is 1. The fraction of sp³-hybridized carbons (Fsp3) is 0.300. The molecule has 0 spiro atoms. The van der Waals surface area contributed by atoms with Crippen molar-refractivity contribution < 1.29 is 9.90 Å². The number of rotatable bonds is 1. The van der Waals surface area contributed by atoms with Crippen molar-refractivity contribution in [2.24, 2.45) is 14.1 Å². The van der Waals surface area contributed by atoms with E-state index in [1.54, 1.807) is 20.2 Å². The maximum Gasteiger partial charge on any atom is 0.355 e. The fourth-order valence-corrected chi connectivity index (χ4v) is 1.83. The predicted molar refractivity (Wildman–Crippen MR) is 57.7 cm³/mol. The predicted octanol–water partition coefficient (Wildman–Crippen LogP) is 0.279. The molecular weight excluding hydrogens is 210 g/mol. The Balaban J connectivity index is 3.09. The van der Waals surface area contributed by atoms with Crippen LogP contribution in [0, 0.1) is 6.92 Å². The van der Waals surface area contributed by atoms with Crippen molar-refractivity contribution in [3.05, 3.63) is 27.8 Å². The van der Waals surface area contributed by atoms with E-state index in [1.807, 2.05) is 0 Å². The largest absolute Gasteiger partial charge is 0.477 e. The van der Waals surface area contributed by atoms with Gasteiger partial charge in [0, 0.05) is 20.3 Å². The number of hydrogen-bond acceptors (Lipinski definition) is 3. The number of pyridine rings is 1. The Morgan fingerprint density at radius 2 is 2.06 bits per heavy atom. The molecule has 2 heterocycles. The van der Waals surface area contributed by atoms with E-state index in [4.69, 9.17) is 5.11 Å². The lowest BCUT2D eigenvalue weighted by molar-refractivity contribution is 0.0687. The molecule has 0 aromatic carbocycles. The molecule has 0 aliphatic heterocycles. The van der Waals surface area contributed by atoms with Gasteiger partial charge in [-0.05, 0) is 12.5 Å². The summed E-state index contributed by atoms with van der Waals surface area (Å²) >= 11 is 0. The molecule has 0 radical (unpaired) electrons. The summed E-state index contributed by atoms with van der Waals surface area (Å²) < 4.78 is 2.59. The van der Waals surface area contributed by atoms with Crippen molar-refractivity contribution in [2.75, 3.05) is 0 Å². The summed E-state index contributed by atoms with van der Waals surface area (Å²) in [5.41, 5.74) is 0.814. The molecule has 0 bridgehead atoms. The Morgan fingerprint density at radius 3 is 2.62 bits per heavy atom. The first kappa shape index (κ1) is 10.4. The molecule has 2 aromatic rings. The molecule has 0 amide bonds. The Hall–Kier alpha value is -2.11. The number of aromatic nitrogens is 3. The quantitative estimate of drug-likeness (QED) is 0.750. The molecular formula is C10H11N3O3. The van der Waals surface area contributed by atoms with E-state index in [2.05, 4.69) is 5.10 Å². The highest BCUT2D eigenvalue weighted by atomic mass is 16.4. The van der Waals surface area contributed by atoms with Crippen LogP contribution >= 0.6 is 0 Å². The average Bonchev–Trinajstić information content (AvgIpc) is 2.53. The van der Waals surface area contributed by atoms with Gasteiger partial charge in [0.2, 0.25) is 0 Å². The van der Waals surface area contributed by atoms with Crippen molar-refractivity contribution in [3.8, 4) is 0 Å². The van der Waals surface area contributed by atoms with Gasteiger partial charge in [-0.2, -0.15) is 5.10 Å². The van der Waals surface area contributed by atoms with Gasteiger partial charge in [-0.15, -0.1) is 0 Å². The lowest BCUT2D eigenvalue weighted by atomic mass is 10.2. The van der Waals surface area contributed by atoms with Crippen molar-refractivity contribution in [2.45, 2.75) is 6.92 Å². The maximum atomic E-state index is 11.9. The molecule has 16 heavy (non-hydrogen) atoms. The van der Waals surface area contributed by atoms with E-state index >= 15 is 0 Å². The molecule has 0 aliphatic carbocycles. The molecule has 6 nitrogen and oxygen atoms in total. The summed E-state index contributed by atoms with van der Waals surface area (Å²) in [6.45, 7) is 1.79. The van der Waals surface area contributed by atoms with Gasteiger partial charge >= 0.3 is 5.97 Å². The summed E-state index contributed by atoms with van der Waals surface area (Å²) in [5.74, 6) is -1.15. The van der Waals surface area contributed by atoms with Gasteiger partial charge < -0.3 is 9.67 Å².